The first-order valence-electron chi connectivity index (χ1n) is 6.26. The second-order valence-corrected chi connectivity index (χ2v) is 4.62. The minimum Gasteiger partial charge on any atom is -0.363 e. The van der Waals surface area contributed by atoms with Crippen LogP contribution in [0.4, 0.5) is 10.6 Å². The van der Waals surface area contributed by atoms with Crippen molar-refractivity contribution < 1.29 is 9.32 Å². The van der Waals surface area contributed by atoms with Crippen molar-refractivity contribution in [2.75, 3.05) is 11.9 Å². The standard InChI is InChI=1S/C12H15N5O2/c18-12(15-10-3-6-19-16-10)14-7-9-1-2-11-13-4-5-17(11)8-9/h3-6,9H,1-2,7-8H2,(H2,14,15,16,18)/t9-/m0/s1. The fourth-order valence-electron chi connectivity index (χ4n) is 2.28. The van der Waals surface area contributed by atoms with Crippen LogP contribution in [0, 0.1) is 5.92 Å². The van der Waals surface area contributed by atoms with Gasteiger partial charge in [0.15, 0.2) is 5.82 Å². The molecule has 19 heavy (non-hydrogen) atoms. The molecular formula is C12H15N5O2. The molecule has 2 aromatic heterocycles. The zero-order chi connectivity index (χ0) is 13.1. The Kier molecular flexibility index (Phi) is 3.18. The van der Waals surface area contributed by atoms with Gasteiger partial charge in [-0.2, -0.15) is 0 Å². The van der Waals surface area contributed by atoms with Gasteiger partial charge in [-0.05, 0) is 12.3 Å². The van der Waals surface area contributed by atoms with E-state index in [1.807, 2.05) is 12.4 Å². The summed E-state index contributed by atoms with van der Waals surface area (Å²) in [6.45, 7) is 1.54. The number of rotatable bonds is 3. The third-order valence-corrected chi connectivity index (χ3v) is 3.26. The van der Waals surface area contributed by atoms with E-state index in [-0.39, 0.29) is 6.03 Å². The van der Waals surface area contributed by atoms with Gasteiger partial charge in [0, 0.05) is 38.0 Å². The van der Waals surface area contributed by atoms with Crippen molar-refractivity contribution >= 4 is 11.8 Å². The lowest BCUT2D eigenvalue weighted by molar-refractivity contribution is 0.247. The zero-order valence-electron chi connectivity index (χ0n) is 10.4. The number of carbonyl (C=O) groups excluding carboxylic acids is 1. The second-order valence-electron chi connectivity index (χ2n) is 4.62. The lowest BCUT2D eigenvalue weighted by Gasteiger charge is -2.23. The SMILES string of the molecule is O=C(NC[C@@H]1CCc2nccn2C1)Nc1ccon1. The highest BCUT2D eigenvalue weighted by Gasteiger charge is 2.19. The van der Waals surface area contributed by atoms with Crippen molar-refractivity contribution in [3.63, 3.8) is 0 Å². The van der Waals surface area contributed by atoms with Crippen LogP contribution in [0.15, 0.2) is 29.2 Å². The maximum absolute atomic E-state index is 11.6. The Hall–Kier alpha value is -2.31. The van der Waals surface area contributed by atoms with Gasteiger partial charge in [-0.15, -0.1) is 0 Å². The average molecular weight is 261 g/mol. The minimum absolute atomic E-state index is 0.259. The number of nitrogens with zero attached hydrogens (tertiary/aromatic N) is 3. The predicted molar refractivity (Wildman–Crippen MR) is 67.6 cm³/mol. The van der Waals surface area contributed by atoms with E-state index in [9.17, 15) is 4.79 Å². The molecule has 0 saturated heterocycles. The molecule has 2 N–H and O–H groups in total. The summed E-state index contributed by atoms with van der Waals surface area (Å²) in [4.78, 5) is 15.9. The van der Waals surface area contributed by atoms with Crippen LogP contribution in [0.5, 0.6) is 0 Å². The van der Waals surface area contributed by atoms with Crippen molar-refractivity contribution in [1.82, 2.24) is 20.0 Å². The molecule has 0 radical (unpaired) electrons. The molecule has 0 fully saturated rings. The first kappa shape index (κ1) is 11.8. The molecular weight excluding hydrogens is 246 g/mol. The van der Waals surface area contributed by atoms with E-state index in [1.54, 1.807) is 6.07 Å². The topological polar surface area (TPSA) is 85.0 Å². The molecule has 7 nitrogen and oxygen atoms in total. The maximum atomic E-state index is 11.6. The number of imidazole rings is 1. The second kappa shape index (κ2) is 5.13. The molecule has 1 aliphatic rings. The smallest absolute Gasteiger partial charge is 0.320 e. The fraction of sp³-hybridized carbons (Fsp3) is 0.417. The van der Waals surface area contributed by atoms with Crippen molar-refractivity contribution in [1.29, 1.82) is 0 Å². The van der Waals surface area contributed by atoms with Crippen molar-refractivity contribution in [2.45, 2.75) is 19.4 Å². The van der Waals surface area contributed by atoms with Crippen LogP contribution in [0.2, 0.25) is 0 Å². The normalized spacial score (nSPS) is 17.8. The summed E-state index contributed by atoms with van der Waals surface area (Å²) in [6.07, 6.45) is 7.22. The number of hydrogen-bond donors (Lipinski definition) is 2. The van der Waals surface area contributed by atoms with Crippen LogP contribution in [-0.2, 0) is 13.0 Å². The van der Waals surface area contributed by atoms with Gasteiger partial charge in [-0.1, -0.05) is 5.16 Å². The van der Waals surface area contributed by atoms with Gasteiger partial charge in [0.05, 0.1) is 0 Å². The first-order chi connectivity index (χ1) is 9.31. The highest BCUT2D eigenvalue weighted by Crippen LogP contribution is 2.17. The van der Waals surface area contributed by atoms with Crippen LogP contribution < -0.4 is 10.6 Å². The number of urea groups is 1. The molecule has 100 valence electrons. The summed E-state index contributed by atoms with van der Waals surface area (Å²) >= 11 is 0. The van der Waals surface area contributed by atoms with Crippen LogP contribution >= 0.6 is 0 Å². The van der Waals surface area contributed by atoms with Crippen molar-refractivity contribution in [3.8, 4) is 0 Å². The van der Waals surface area contributed by atoms with Crippen LogP contribution in [0.3, 0.4) is 0 Å². The summed E-state index contributed by atoms with van der Waals surface area (Å²) in [7, 11) is 0. The number of anilines is 1. The van der Waals surface area contributed by atoms with E-state index >= 15 is 0 Å². The van der Waals surface area contributed by atoms with Gasteiger partial charge in [0.2, 0.25) is 0 Å². The Bertz CT molecular complexity index is 548. The van der Waals surface area contributed by atoms with E-state index in [0.29, 0.717) is 18.3 Å². The molecule has 0 aliphatic carbocycles. The fourth-order valence-corrected chi connectivity index (χ4v) is 2.28. The van der Waals surface area contributed by atoms with E-state index in [1.165, 1.54) is 6.26 Å². The minimum atomic E-state index is -0.259. The van der Waals surface area contributed by atoms with E-state index in [2.05, 4.69) is 29.9 Å². The summed E-state index contributed by atoms with van der Waals surface area (Å²) < 4.78 is 6.78. The van der Waals surface area contributed by atoms with Gasteiger partial charge < -0.3 is 14.4 Å². The summed E-state index contributed by atoms with van der Waals surface area (Å²) in [5.74, 6) is 1.98. The van der Waals surface area contributed by atoms with E-state index in [4.69, 9.17) is 0 Å². The third kappa shape index (κ3) is 2.75. The van der Waals surface area contributed by atoms with Crippen LogP contribution in [0.1, 0.15) is 12.2 Å². The van der Waals surface area contributed by atoms with Gasteiger partial charge in [0.1, 0.15) is 12.1 Å². The number of carbonyl (C=O) groups is 1. The van der Waals surface area contributed by atoms with E-state index in [0.717, 1.165) is 25.2 Å². The molecule has 2 aromatic rings. The van der Waals surface area contributed by atoms with Gasteiger partial charge in [-0.25, -0.2) is 9.78 Å². The molecule has 0 bridgehead atoms. The molecule has 1 aliphatic heterocycles. The lowest BCUT2D eigenvalue weighted by Crippen LogP contribution is -2.36. The average Bonchev–Trinajstić information content (AvgIpc) is 3.06. The molecule has 1 atom stereocenters. The third-order valence-electron chi connectivity index (χ3n) is 3.26. The van der Waals surface area contributed by atoms with Crippen LogP contribution in [0.25, 0.3) is 0 Å². The maximum Gasteiger partial charge on any atom is 0.320 e. The number of nitrogens with one attached hydrogen (secondary N) is 2. The molecule has 0 saturated carbocycles. The monoisotopic (exact) mass is 261 g/mol. The highest BCUT2D eigenvalue weighted by atomic mass is 16.5. The van der Waals surface area contributed by atoms with Gasteiger partial charge in [0.25, 0.3) is 0 Å². The molecule has 7 heteroatoms. The van der Waals surface area contributed by atoms with Crippen LogP contribution in [-0.4, -0.2) is 27.3 Å². The highest BCUT2D eigenvalue weighted by molar-refractivity contribution is 5.87. The molecule has 3 heterocycles. The number of aryl methyl sites for hydroxylation is 1. The summed E-state index contributed by atoms with van der Waals surface area (Å²) in [5.41, 5.74) is 0. The number of hydrogen-bond acceptors (Lipinski definition) is 4. The van der Waals surface area contributed by atoms with Crippen molar-refractivity contribution in [2.24, 2.45) is 5.92 Å². The Morgan fingerprint density at radius 1 is 1.58 bits per heavy atom. The Labute approximate surface area is 110 Å². The van der Waals surface area contributed by atoms with Crippen molar-refractivity contribution in [3.05, 3.63) is 30.5 Å². The molecule has 2 amide bonds. The predicted octanol–water partition coefficient (Wildman–Crippen LogP) is 1.26. The molecule has 0 unspecified atom stereocenters. The van der Waals surface area contributed by atoms with E-state index < -0.39 is 0 Å². The number of fused-ring (bicyclic) bond motifs is 1. The lowest BCUT2D eigenvalue weighted by atomic mass is 9.99. The molecule has 0 spiro atoms. The molecule has 3 rings (SSSR count). The first-order valence-corrected chi connectivity index (χ1v) is 6.26. The zero-order valence-corrected chi connectivity index (χ0v) is 10.4. The quantitative estimate of drug-likeness (QED) is 0.871. The van der Waals surface area contributed by atoms with Gasteiger partial charge in [-0.3, -0.25) is 5.32 Å². The summed E-state index contributed by atoms with van der Waals surface area (Å²) in [5, 5.41) is 9.06. The molecule has 0 aromatic carbocycles. The number of amides is 2. The summed E-state index contributed by atoms with van der Waals surface area (Å²) in [6, 6.07) is 1.34. The van der Waals surface area contributed by atoms with Gasteiger partial charge >= 0.3 is 6.03 Å². The Balaban J connectivity index is 1.47. The Morgan fingerprint density at radius 3 is 3.37 bits per heavy atom. The largest absolute Gasteiger partial charge is 0.363 e. The number of aromatic nitrogens is 3. The Morgan fingerprint density at radius 2 is 2.53 bits per heavy atom.